The fourth-order valence-corrected chi connectivity index (χ4v) is 11.3. The molecule has 0 radical (unpaired) electrons. The summed E-state index contributed by atoms with van der Waals surface area (Å²) in [5, 5.41) is 22.5. The minimum Gasteiger partial charge on any atom is -0.465 e. The number of carbonyl (C=O) groups excluding carboxylic acids is 1. The van der Waals surface area contributed by atoms with Crippen LogP contribution in [0.2, 0.25) is 0 Å². The number of hydrogen-bond donors (Lipinski definition) is 2. The van der Waals surface area contributed by atoms with E-state index in [1.165, 1.54) is 25.0 Å². The van der Waals surface area contributed by atoms with E-state index in [2.05, 4.69) is 26.1 Å². The quantitative estimate of drug-likeness (QED) is 0.301. The van der Waals surface area contributed by atoms with Crippen LogP contribution < -0.4 is 10.2 Å². The highest BCUT2D eigenvalue weighted by molar-refractivity contribution is 7.92. The second kappa shape index (κ2) is 15.8. The number of sulfone groups is 1. The highest BCUT2D eigenvalue weighted by Gasteiger charge is 2.53. The van der Waals surface area contributed by atoms with E-state index in [0.717, 1.165) is 83.7 Å². The predicted molar refractivity (Wildman–Crippen MR) is 200 cm³/mol. The first-order valence-electron chi connectivity index (χ1n) is 19.2. The van der Waals surface area contributed by atoms with Crippen molar-refractivity contribution < 1.29 is 27.5 Å². The molecule has 13 heteroatoms. The number of hydrogen-bond acceptors (Lipinski definition) is 8. The maximum absolute atomic E-state index is 14.6. The largest absolute Gasteiger partial charge is 0.465 e. The number of piperidine rings is 1. The Bertz CT molecular complexity index is 1810. The lowest BCUT2D eigenvalue weighted by Gasteiger charge is -2.48. The van der Waals surface area contributed by atoms with Gasteiger partial charge < -0.3 is 25.1 Å². The van der Waals surface area contributed by atoms with Crippen molar-refractivity contribution in [2.24, 2.45) is 17.8 Å². The molecule has 7 rings (SSSR count). The molecule has 4 aliphatic heterocycles. The number of nitrogens with one attached hydrogen (secondary N) is 1. The van der Waals surface area contributed by atoms with Crippen LogP contribution in [0.3, 0.4) is 0 Å². The Morgan fingerprint density at radius 3 is 2.32 bits per heavy atom. The van der Waals surface area contributed by atoms with Crippen molar-refractivity contribution in [1.29, 1.82) is 5.26 Å². The van der Waals surface area contributed by atoms with Crippen LogP contribution in [-0.4, -0.2) is 117 Å². The average molecular weight is 747 g/mol. The summed E-state index contributed by atoms with van der Waals surface area (Å²) in [6, 6.07) is 15.7. The van der Waals surface area contributed by atoms with E-state index >= 15 is 0 Å². The molecule has 1 unspecified atom stereocenters. The van der Waals surface area contributed by atoms with E-state index in [-0.39, 0.29) is 47.6 Å². The molecule has 0 spiro atoms. The Morgan fingerprint density at radius 2 is 1.66 bits per heavy atom. The summed E-state index contributed by atoms with van der Waals surface area (Å²) in [7, 11) is -3.53. The molecule has 5 fully saturated rings. The Kier molecular flexibility index (Phi) is 11.1. The van der Waals surface area contributed by atoms with Crippen molar-refractivity contribution >= 4 is 27.5 Å². The van der Waals surface area contributed by atoms with E-state index in [1.54, 1.807) is 29.2 Å². The fraction of sp³-hybridized carbons (Fsp3) is 0.575. The molecule has 0 bridgehead atoms. The molecule has 53 heavy (non-hydrogen) atoms. The summed E-state index contributed by atoms with van der Waals surface area (Å²) in [6.07, 6.45) is 8.51. The molecule has 2 N–H and O–H groups in total. The van der Waals surface area contributed by atoms with Gasteiger partial charge in [0.15, 0.2) is 9.84 Å². The third kappa shape index (κ3) is 7.82. The monoisotopic (exact) mass is 746 g/mol. The number of nitriles is 1. The number of carboxylic acid groups (broad SMARTS) is 1. The second-order valence-electron chi connectivity index (χ2n) is 15.7. The zero-order chi connectivity index (χ0) is 37.2. The van der Waals surface area contributed by atoms with Crippen molar-refractivity contribution in [2.75, 3.05) is 70.3 Å². The molecule has 3 atom stereocenters. The van der Waals surface area contributed by atoms with Crippen LogP contribution in [0.4, 0.5) is 14.9 Å². The molecule has 5 aliphatic rings. The molecule has 4 heterocycles. The van der Waals surface area contributed by atoms with Gasteiger partial charge in [-0.15, -0.1) is 0 Å². The average Bonchev–Trinajstić information content (AvgIpc) is 3.79. The molecule has 4 saturated heterocycles. The Balaban J connectivity index is 0.893. The van der Waals surface area contributed by atoms with Gasteiger partial charge in [-0.2, -0.15) is 5.26 Å². The number of likely N-dealkylation sites (tertiary alicyclic amines) is 3. The van der Waals surface area contributed by atoms with Crippen molar-refractivity contribution in [1.82, 2.24) is 20.0 Å². The molecule has 2 amide bonds. The summed E-state index contributed by atoms with van der Waals surface area (Å²) >= 11 is 0. The minimum atomic E-state index is -3.53. The van der Waals surface area contributed by atoms with E-state index in [0.29, 0.717) is 17.9 Å². The predicted octanol–water partition coefficient (Wildman–Crippen LogP) is 4.51. The summed E-state index contributed by atoms with van der Waals surface area (Å²) < 4.78 is 41.2. The van der Waals surface area contributed by atoms with Gasteiger partial charge in [-0.1, -0.05) is 24.6 Å². The third-order valence-electron chi connectivity index (χ3n) is 12.6. The van der Waals surface area contributed by atoms with E-state index in [1.807, 2.05) is 24.3 Å². The Labute approximate surface area is 312 Å². The van der Waals surface area contributed by atoms with Crippen molar-refractivity contribution in [2.45, 2.75) is 66.5 Å². The van der Waals surface area contributed by atoms with Gasteiger partial charge in [-0.25, -0.2) is 17.6 Å². The highest BCUT2D eigenvalue weighted by Crippen LogP contribution is 2.50. The highest BCUT2D eigenvalue weighted by atomic mass is 32.2. The second-order valence-corrected chi connectivity index (χ2v) is 18.0. The Morgan fingerprint density at radius 1 is 0.943 bits per heavy atom. The van der Waals surface area contributed by atoms with E-state index in [9.17, 15) is 32.8 Å². The molecular weight excluding hydrogens is 696 g/mol. The number of amides is 2. The number of benzene rings is 2. The first-order chi connectivity index (χ1) is 25.6. The normalized spacial score (nSPS) is 24.8. The molecule has 1 aliphatic carbocycles. The van der Waals surface area contributed by atoms with Crippen molar-refractivity contribution in [3.63, 3.8) is 0 Å². The van der Waals surface area contributed by atoms with Crippen LogP contribution in [0, 0.1) is 34.9 Å². The number of carbonyl (C=O) groups is 2. The lowest BCUT2D eigenvalue weighted by Crippen LogP contribution is -2.56. The van der Waals surface area contributed by atoms with Gasteiger partial charge >= 0.3 is 6.09 Å². The van der Waals surface area contributed by atoms with Gasteiger partial charge in [-0.3, -0.25) is 9.69 Å². The fourth-order valence-electron chi connectivity index (χ4n) is 9.63. The van der Waals surface area contributed by atoms with Crippen LogP contribution >= 0.6 is 0 Å². The minimum absolute atomic E-state index is 0.0237. The van der Waals surface area contributed by atoms with Gasteiger partial charge in [0.1, 0.15) is 11.1 Å². The van der Waals surface area contributed by atoms with Crippen molar-refractivity contribution in [3.8, 4) is 6.07 Å². The van der Waals surface area contributed by atoms with Crippen LogP contribution in [0.15, 0.2) is 65.6 Å². The van der Waals surface area contributed by atoms with Crippen LogP contribution in [0.25, 0.3) is 0 Å². The molecule has 2 aromatic carbocycles. The summed E-state index contributed by atoms with van der Waals surface area (Å²) in [5.74, 6) is -0.312. The van der Waals surface area contributed by atoms with Gasteiger partial charge in [0, 0.05) is 68.9 Å². The third-order valence-corrected chi connectivity index (χ3v) is 14.7. The van der Waals surface area contributed by atoms with E-state index in [4.69, 9.17) is 0 Å². The Hall–Kier alpha value is -3.99. The van der Waals surface area contributed by atoms with Crippen LogP contribution in [0.1, 0.15) is 50.5 Å². The zero-order valence-corrected chi connectivity index (χ0v) is 31.1. The number of rotatable bonds is 12. The molecule has 0 aromatic heterocycles. The first-order valence-corrected chi connectivity index (χ1v) is 20.8. The molecule has 2 aromatic rings. The standard InChI is InChI=1S/C40H51FN6O5S/c41-32-7-3-6-31(22-32)40(28-42,36-8-4-9-37(36)43-39(49)50)30-15-20-45(21-16-30)23-29-24-46(25-29)33-11-13-34(14-12-33)53(51,52)35-26-47(27-35)38(48)10-5-19-44-17-1-2-18-44/h3,5-7,10-14,22,29-30,35-37,43H,1-2,4,8-9,15-21,23-27H2,(H,49,50)/b10-5+/t36-,37-,40?/m0/s1. The number of anilines is 1. The lowest BCUT2D eigenvalue weighted by molar-refractivity contribution is -0.129. The first kappa shape index (κ1) is 37.3. The lowest BCUT2D eigenvalue weighted by atomic mass is 9.59. The van der Waals surface area contributed by atoms with Crippen LogP contribution in [0.5, 0.6) is 0 Å². The van der Waals surface area contributed by atoms with Gasteiger partial charge in [0.25, 0.3) is 0 Å². The summed E-state index contributed by atoms with van der Waals surface area (Å²) in [6.45, 7) is 7.60. The van der Waals surface area contributed by atoms with E-state index < -0.39 is 26.6 Å². The number of halogens is 1. The van der Waals surface area contributed by atoms with Crippen LogP contribution in [-0.2, 0) is 20.0 Å². The summed E-state index contributed by atoms with van der Waals surface area (Å²) in [5.41, 5.74) is 0.656. The zero-order valence-electron chi connectivity index (χ0n) is 30.3. The summed E-state index contributed by atoms with van der Waals surface area (Å²) in [4.78, 5) is 33.0. The smallest absolute Gasteiger partial charge is 0.404 e. The molecule has 284 valence electrons. The van der Waals surface area contributed by atoms with Gasteiger partial charge in [-0.05, 0) is 113 Å². The maximum atomic E-state index is 14.6. The van der Waals surface area contributed by atoms with Gasteiger partial charge in [0.2, 0.25) is 5.91 Å². The number of nitrogens with zero attached hydrogens (tertiary/aromatic N) is 5. The topological polar surface area (TPSA) is 137 Å². The van der Waals surface area contributed by atoms with Crippen molar-refractivity contribution in [3.05, 3.63) is 72.1 Å². The molecular formula is C40H51FN6O5S. The van der Waals surface area contributed by atoms with Gasteiger partial charge in [0.05, 0.1) is 16.4 Å². The molecule has 11 nitrogen and oxygen atoms in total. The maximum Gasteiger partial charge on any atom is 0.404 e. The SMILES string of the molecule is N#CC(c1cccc(F)c1)(C1CCN(CC2CN(c3ccc(S(=O)(=O)C4CN(C(=O)/C=C/CN5CCCC5)C4)cc3)C2)CC1)[C@H]1CCC[C@@H]1NC(=O)O. The molecule has 1 saturated carbocycles.